The molecule has 0 bridgehead atoms. The van der Waals surface area contributed by atoms with E-state index in [9.17, 15) is 0 Å². The molecule has 1 unspecified atom stereocenters. The van der Waals surface area contributed by atoms with Crippen LogP contribution in [-0.2, 0) is 0 Å². The highest BCUT2D eigenvalue weighted by Crippen LogP contribution is 2.26. The maximum absolute atomic E-state index is 5.69. The lowest BCUT2D eigenvalue weighted by Crippen LogP contribution is -2.21. The van der Waals surface area contributed by atoms with Gasteiger partial charge in [-0.25, -0.2) is 0 Å². The number of hydrogen-bond donors (Lipinski definition) is 0. The fourth-order valence-corrected chi connectivity index (χ4v) is 2.83. The second-order valence-corrected chi connectivity index (χ2v) is 5.32. The maximum Gasteiger partial charge on any atom is 0.0223 e. The van der Waals surface area contributed by atoms with Crippen LogP contribution in [0.3, 0.4) is 0 Å². The topological polar surface area (TPSA) is 3.24 Å². The van der Waals surface area contributed by atoms with Crippen molar-refractivity contribution in [3.63, 3.8) is 0 Å². The van der Waals surface area contributed by atoms with E-state index < -0.39 is 0 Å². The summed E-state index contributed by atoms with van der Waals surface area (Å²) < 4.78 is 0. The van der Waals surface area contributed by atoms with Crippen molar-refractivity contribution in [2.75, 3.05) is 25.5 Å². The van der Waals surface area contributed by atoms with E-state index >= 15 is 0 Å². The first-order chi connectivity index (χ1) is 8.40. The Morgan fingerprint density at radius 2 is 1.94 bits per heavy atom. The van der Waals surface area contributed by atoms with E-state index in [4.69, 9.17) is 11.6 Å². The van der Waals surface area contributed by atoms with Crippen molar-refractivity contribution in [2.45, 2.75) is 31.6 Å². The van der Waals surface area contributed by atoms with E-state index in [-0.39, 0.29) is 0 Å². The number of alkyl halides is 1. The monoisotopic (exact) mass is 251 g/mol. The molecule has 0 amide bonds. The summed E-state index contributed by atoms with van der Waals surface area (Å²) in [7, 11) is 0. The number of unbranched alkanes of at least 4 members (excludes halogenated alkanes) is 2. The van der Waals surface area contributed by atoms with Crippen LogP contribution in [-0.4, -0.2) is 30.4 Å². The first-order valence-electron chi connectivity index (χ1n) is 6.73. The molecule has 0 aliphatic carbocycles. The molecule has 0 aromatic heterocycles. The molecule has 1 atom stereocenters. The van der Waals surface area contributed by atoms with E-state index in [0.717, 1.165) is 18.2 Å². The summed E-state index contributed by atoms with van der Waals surface area (Å²) in [5.74, 6) is 1.57. The minimum atomic E-state index is 0.754. The van der Waals surface area contributed by atoms with Gasteiger partial charge in [-0.05, 0) is 43.8 Å². The fraction of sp³-hybridized carbons (Fsp3) is 0.600. The molecule has 1 nitrogen and oxygen atoms in total. The van der Waals surface area contributed by atoms with E-state index in [1.807, 2.05) is 0 Å². The van der Waals surface area contributed by atoms with Crippen LogP contribution < -0.4 is 0 Å². The molecule has 2 heteroatoms. The second kappa shape index (κ2) is 7.03. The van der Waals surface area contributed by atoms with Gasteiger partial charge in [0.05, 0.1) is 0 Å². The van der Waals surface area contributed by atoms with Crippen LogP contribution in [0.25, 0.3) is 0 Å². The Morgan fingerprint density at radius 1 is 1.12 bits per heavy atom. The first kappa shape index (κ1) is 12.9. The molecule has 2 rings (SSSR count). The van der Waals surface area contributed by atoms with Crippen LogP contribution in [0.5, 0.6) is 0 Å². The fourth-order valence-electron chi connectivity index (χ4n) is 2.64. The van der Waals surface area contributed by atoms with Gasteiger partial charge in [-0.1, -0.05) is 36.8 Å². The molecule has 1 fully saturated rings. The Hall–Kier alpha value is -0.530. The van der Waals surface area contributed by atoms with E-state index in [0.29, 0.717) is 0 Å². The van der Waals surface area contributed by atoms with Crippen LogP contribution in [0.4, 0.5) is 0 Å². The normalized spacial score (nSPS) is 20.9. The predicted molar refractivity (Wildman–Crippen MR) is 74.8 cm³/mol. The van der Waals surface area contributed by atoms with Crippen LogP contribution >= 0.6 is 11.6 Å². The quantitative estimate of drug-likeness (QED) is 0.548. The Balaban J connectivity index is 1.72. The molecule has 0 radical (unpaired) electrons. The summed E-state index contributed by atoms with van der Waals surface area (Å²) >= 11 is 5.69. The van der Waals surface area contributed by atoms with Gasteiger partial charge in [-0.15, -0.1) is 11.6 Å². The highest BCUT2D eigenvalue weighted by molar-refractivity contribution is 6.17. The smallest absolute Gasteiger partial charge is 0.0223 e. The third kappa shape index (κ3) is 4.01. The molecule has 0 saturated carbocycles. The SMILES string of the molecule is ClCCCCCN1CCC(c2ccccc2)C1. The third-order valence-electron chi connectivity index (χ3n) is 3.65. The summed E-state index contributed by atoms with van der Waals surface area (Å²) in [6.45, 7) is 3.76. The summed E-state index contributed by atoms with van der Waals surface area (Å²) in [5, 5.41) is 0. The molecule has 1 heterocycles. The van der Waals surface area contributed by atoms with Crippen LogP contribution in [0.1, 0.15) is 37.2 Å². The lowest BCUT2D eigenvalue weighted by atomic mass is 9.99. The van der Waals surface area contributed by atoms with Crippen molar-refractivity contribution in [1.82, 2.24) is 4.90 Å². The highest BCUT2D eigenvalue weighted by Gasteiger charge is 2.22. The van der Waals surface area contributed by atoms with Gasteiger partial charge in [0.25, 0.3) is 0 Å². The number of likely N-dealkylation sites (tertiary alicyclic amines) is 1. The average Bonchev–Trinajstić information content (AvgIpc) is 2.85. The van der Waals surface area contributed by atoms with Gasteiger partial charge in [0.15, 0.2) is 0 Å². The molecule has 17 heavy (non-hydrogen) atoms. The van der Waals surface area contributed by atoms with Crippen LogP contribution in [0, 0.1) is 0 Å². The Labute approximate surface area is 110 Å². The van der Waals surface area contributed by atoms with Gasteiger partial charge >= 0.3 is 0 Å². The zero-order valence-electron chi connectivity index (χ0n) is 10.4. The number of nitrogens with zero attached hydrogens (tertiary/aromatic N) is 1. The van der Waals surface area contributed by atoms with Gasteiger partial charge in [0.1, 0.15) is 0 Å². The van der Waals surface area contributed by atoms with Gasteiger partial charge < -0.3 is 4.90 Å². The molecular weight excluding hydrogens is 230 g/mol. The van der Waals surface area contributed by atoms with Gasteiger partial charge in [0.2, 0.25) is 0 Å². The van der Waals surface area contributed by atoms with Crippen LogP contribution in [0.15, 0.2) is 30.3 Å². The predicted octanol–water partition coefficient (Wildman–Crippen LogP) is 3.89. The molecule has 1 aromatic rings. The molecule has 0 spiro atoms. The van der Waals surface area contributed by atoms with Crippen molar-refractivity contribution >= 4 is 11.6 Å². The first-order valence-corrected chi connectivity index (χ1v) is 7.27. The molecule has 1 aliphatic heterocycles. The Kier molecular flexibility index (Phi) is 5.34. The summed E-state index contributed by atoms with van der Waals surface area (Å²) in [5.41, 5.74) is 1.51. The maximum atomic E-state index is 5.69. The number of benzene rings is 1. The summed E-state index contributed by atoms with van der Waals surface area (Å²) in [4.78, 5) is 2.60. The molecule has 94 valence electrons. The zero-order chi connectivity index (χ0) is 11.9. The number of hydrogen-bond acceptors (Lipinski definition) is 1. The molecule has 1 aliphatic rings. The molecule has 1 aromatic carbocycles. The largest absolute Gasteiger partial charge is 0.303 e. The van der Waals surface area contributed by atoms with Crippen molar-refractivity contribution in [3.05, 3.63) is 35.9 Å². The standard InChI is InChI=1S/C15H22ClN/c16-10-5-2-6-11-17-12-9-15(13-17)14-7-3-1-4-8-14/h1,3-4,7-8,15H,2,5-6,9-13H2. The lowest BCUT2D eigenvalue weighted by molar-refractivity contribution is 0.325. The van der Waals surface area contributed by atoms with E-state index in [1.165, 1.54) is 44.5 Å². The van der Waals surface area contributed by atoms with Gasteiger partial charge in [0, 0.05) is 12.4 Å². The second-order valence-electron chi connectivity index (χ2n) is 4.95. The van der Waals surface area contributed by atoms with Crippen molar-refractivity contribution in [1.29, 1.82) is 0 Å². The van der Waals surface area contributed by atoms with Crippen molar-refractivity contribution in [2.24, 2.45) is 0 Å². The molecule has 0 N–H and O–H groups in total. The minimum absolute atomic E-state index is 0.754. The molecular formula is C15H22ClN. The van der Waals surface area contributed by atoms with Crippen molar-refractivity contribution < 1.29 is 0 Å². The number of halogens is 1. The summed E-state index contributed by atoms with van der Waals surface area (Å²) in [6.07, 6.45) is 5.06. The minimum Gasteiger partial charge on any atom is -0.303 e. The van der Waals surface area contributed by atoms with E-state index in [2.05, 4.69) is 35.2 Å². The van der Waals surface area contributed by atoms with E-state index in [1.54, 1.807) is 0 Å². The third-order valence-corrected chi connectivity index (χ3v) is 3.92. The average molecular weight is 252 g/mol. The van der Waals surface area contributed by atoms with Gasteiger partial charge in [-0.3, -0.25) is 0 Å². The zero-order valence-corrected chi connectivity index (χ0v) is 11.2. The Morgan fingerprint density at radius 3 is 2.71 bits per heavy atom. The highest BCUT2D eigenvalue weighted by atomic mass is 35.5. The number of rotatable bonds is 6. The van der Waals surface area contributed by atoms with Crippen molar-refractivity contribution in [3.8, 4) is 0 Å². The Bertz CT molecular complexity index is 312. The molecule has 1 saturated heterocycles. The van der Waals surface area contributed by atoms with Gasteiger partial charge in [-0.2, -0.15) is 0 Å². The summed E-state index contributed by atoms with van der Waals surface area (Å²) in [6, 6.07) is 10.9. The van der Waals surface area contributed by atoms with Crippen LogP contribution in [0.2, 0.25) is 0 Å². The lowest BCUT2D eigenvalue weighted by Gasteiger charge is -2.15.